The summed E-state index contributed by atoms with van der Waals surface area (Å²) in [6, 6.07) is 13.9. The van der Waals surface area contributed by atoms with E-state index in [1.165, 1.54) is 0 Å². The third kappa shape index (κ3) is 2.89. The Morgan fingerprint density at radius 1 is 1.18 bits per heavy atom. The molecule has 0 fully saturated rings. The van der Waals surface area contributed by atoms with Crippen LogP contribution in [0.4, 0.5) is 5.69 Å². The minimum absolute atomic E-state index is 0.0597. The summed E-state index contributed by atoms with van der Waals surface area (Å²) in [6.07, 6.45) is -0.777. The van der Waals surface area contributed by atoms with Crippen LogP contribution in [0.3, 0.4) is 0 Å². The van der Waals surface area contributed by atoms with Gasteiger partial charge in [-0.2, -0.15) is 0 Å². The number of nitrogens with one attached hydrogen (secondary N) is 2. The minimum atomic E-state index is -0.777. The Morgan fingerprint density at radius 3 is 2.73 bits per heavy atom. The normalized spacial score (nSPS) is 16.2. The Morgan fingerprint density at radius 2 is 1.91 bits per heavy atom. The lowest BCUT2D eigenvalue weighted by molar-refractivity contribution is -0.123. The van der Waals surface area contributed by atoms with Gasteiger partial charge in [-0.1, -0.05) is 35.9 Å². The van der Waals surface area contributed by atoms with Gasteiger partial charge in [0, 0.05) is 0 Å². The van der Waals surface area contributed by atoms with Crippen molar-refractivity contribution in [2.45, 2.75) is 6.10 Å². The topological polar surface area (TPSA) is 67.4 Å². The highest BCUT2D eigenvalue weighted by Gasteiger charge is 2.27. The number of carbonyl (C=O) groups excluding carboxylic acids is 2. The summed E-state index contributed by atoms with van der Waals surface area (Å²) in [4.78, 5) is 24.0. The van der Waals surface area contributed by atoms with Crippen molar-refractivity contribution >= 4 is 29.1 Å². The predicted molar refractivity (Wildman–Crippen MR) is 83.3 cm³/mol. The Kier molecular flexibility index (Phi) is 3.98. The van der Waals surface area contributed by atoms with E-state index >= 15 is 0 Å². The molecular weight excluding hydrogens is 304 g/mol. The molecule has 0 spiro atoms. The number of carbonyl (C=O) groups is 2. The Bertz CT molecular complexity index is 733. The molecule has 0 saturated carbocycles. The Labute approximate surface area is 132 Å². The molecule has 112 valence electrons. The van der Waals surface area contributed by atoms with Gasteiger partial charge in [0.15, 0.2) is 6.10 Å². The zero-order chi connectivity index (χ0) is 15.5. The maximum Gasteiger partial charge on any atom is 0.267 e. The lowest BCUT2D eigenvalue weighted by atomic mass is 10.2. The summed E-state index contributed by atoms with van der Waals surface area (Å²) in [5.41, 5.74) is 0.988. The molecule has 2 aromatic carbocycles. The molecule has 2 aromatic rings. The Balaban J connectivity index is 1.66. The predicted octanol–water partition coefficient (Wildman–Crippen LogP) is 2.47. The van der Waals surface area contributed by atoms with Crippen LogP contribution < -0.4 is 15.4 Å². The molecule has 0 aliphatic carbocycles. The molecule has 5 nitrogen and oxygen atoms in total. The SMILES string of the molecule is O=C(NCC1Oc2ccccc2NC1=O)c1ccccc1Cl. The van der Waals surface area contributed by atoms with Crippen LogP contribution in [-0.2, 0) is 4.79 Å². The fourth-order valence-electron chi connectivity index (χ4n) is 2.15. The molecule has 2 amide bonds. The number of halogens is 1. The van der Waals surface area contributed by atoms with Gasteiger partial charge in [0.2, 0.25) is 0 Å². The van der Waals surface area contributed by atoms with E-state index in [2.05, 4.69) is 10.6 Å². The fourth-order valence-corrected chi connectivity index (χ4v) is 2.37. The van der Waals surface area contributed by atoms with E-state index in [-0.39, 0.29) is 18.4 Å². The average Bonchev–Trinajstić information content (AvgIpc) is 2.53. The summed E-state index contributed by atoms with van der Waals surface area (Å²) in [7, 11) is 0. The van der Waals surface area contributed by atoms with E-state index in [1.54, 1.807) is 36.4 Å². The number of ether oxygens (including phenoxy) is 1. The molecule has 1 heterocycles. The number of hydrogen-bond acceptors (Lipinski definition) is 3. The summed E-state index contributed by atoms with van der Waals surface area (Å²) in [5.74, 6) is -0.0573. The maximum absolute atomic E-state index is 12.1. The number of amides is 2. The van der Waals surface area contributed by atoms with Gasteiger partial charge < -0.3 is 15.4 Å². The van der Waals surface area contributed by atoms with Crippen LogP contribution in [0.1, 0.15) is 10.4 Å². The minimum Gasteiger partial charge on any atom is -0.477 e. The zero-order valence-electron chi connectivity index (χ0n) is 11.5. The van der Waals surface area contributed by atoms with E-state index < -0.39 is 6.10 Å². The molecule has 0 radical (unpaired) electrons. The molecule has 0 saturated heterocycles. The molecule has 0 bridgehead atoms. The summed E-state index contributed by atoms with van der Waals surface area (Å²) < 4.78 is 5.60. The van der Waals surface area contributed by atoms with Crippen LogP contribution in [0, 0.1) is 0 Å². The van der Waals surface area contributed by atoms with Gasteiger partial charge in [0.05, 0.1) is 22.8 Å². The van der Waals surface area contributed by atoms with Crippen LogP contribution >= 0.6 is 11.6 Å². The highest BCUT2D eigenvalue weighted by Crippen LogP contribution is 2.28. The van der Waals surface area contributed by atoms with Crippen molar-refractivity contribution in [1.82, 2.24) is 5.32 Å². The van der Waals surface area contributed by atoms with Crippen LogP contribution in [-0.4, -0.2) is 24.5 Å². The largest absolute Gasteiger partial charge is 0.477 e. The summed E-state index contributed by atoms with van der Waals surface area (Å²) in [5, 5.41) is 5.77. The maximum atomic E-state index is 12.1. The van der Waals surface area contributed by atoms with Gasteiger partial charge in [-0.15, -0.1) is 0 Å². The van der Waals surface area contributed by atoms with Crippen molar-refractivity contribution in [3.8, 4) is 5.75 Å². The Hall–Kier alpha value is -2.53. The lowest BCUT2D eigenvalue weighted by Crippen LogP contribution is -2.45. The highest BCUT2D eigenvalue weighted by molar-refractivity contribution is 6.33. The molecule has 2 N–H and O–H groups in total. The second-order valence-corrected chi connectivity index (χ2v) is 5.19. The monoisotopic (exact) mass is 316 g/mol. The number of fused-ring (bicyclic) bond motifs is 1. The van der Waals surface area contributed by atoms with E-state index in [0.717, 1.165) is 0 Å². The first kappa shape index (κ1) is 14.4. The smallest absolute Gasteiger partial charge is 0.267 e. The number of para-hydroxylation sites is 2. The zero-order valence-corrected chi connectivity index (χ0v) is 12.3. The van der Waals surface area contributed by atoms with E-state index in [1.807, 2.05) is 12.1 Å². The fraction of sp³-hybridized carbons (Fsp3) is 0.125. The van der Waals surface area contributed by atoms with Crippen molar-refractivity contribution < 1.29 is 14.3 Å². The number of benzene rings is 2. The molecule has 1 atom stereocenters. The highest BCUT2D eigenvalue weighted by atomic mass is 35.5. The number of rotatable bonds is 3. The first-order valence-corrected chi connectivity index (χ1v) is 7.12. The third-order valence-corrected chi connectivity index (χ3v) is 3.60. The second kappa shape index (κ2) is 6.07. The van der Waals surface area contributed by atoms with Crippen molar-refractivity contribution in [2.75, 3.05) is 11.9 Å². The van der Waals surface area contributed by atoms with Crippen LogP contribution in [0.2, 0.25) is 5.02 Å². The van der Waals surface area contributed by atoms with Gasteiger partial charge in [-0.25, -0.2) is 0 Å². The first-order chi connectivity index (χ1) is 10.6. The van der Waals surface area contributed by atoms with E-state index in [4.69, 9.17) is 16.3 Å². The van der Waals surface area contributed by atoms with E-state index in [9.17, 15) is 9.59 Å². The molecule has 1 unspecified atom stereocenters. The van der Waals surface area contributed by atoms with Gasteiger partial charge in [0.25, 0.3) is 11.8 Å². The third-order valence-electron chi connectivity index (χ3n) is 3.27. The van der Waals surface area contributed by atoms with Crippen molar-refractivity contribution in [2.24, 2.45) is 0 Å². The molecule has 3 rings (SSSR count). The first-order valence-electron chi connectivity index (χ1n) is 6.74. The van der Waals surface area contributed by atoms with Crippen LogP contribution in [0.25, 0.3) is 0 Å². The van der Waals surface area contributed by atoms with Gasteiger partial charge in [0.1, 0.15) is 5.75 Å². The van der Waals surface area contributed by atoms with Crippen molar-refractivity contribution in [3.05, 3.63) is 59.1 Å². The summed E-state index contributed by atoms with van der Waals surface area (Å²) in [6.45, 7) is 0.0597. The second-order valence-electron chi connectivity index (χ2n) is 4.78. The molecule has 1 aliphatic heterocycles. The summed E-state index contributed by atoms with van der Waals surface area (Å²) >= 11 is 5.96. The van der Waals surface area contributed by atoms with E-state index in [0.29, 0.717) is 22.0 Å². The van der Waals surface area contributed by atoms with Gasteiger partial charge in [-0.3, -0.25) is 9.59 Å². The quantitative estimate of drug-likeness (QED) is 0.914. The van der Waals surface area contributed by atoms with Crippen molar-refractivity contribution in [1.29, 1.82) is 0 Å². The number of hydrogen-bond donors (Lipinski definition) is 2. The van der Waals surface area contributed by atoms with Crippen molar-refractivity contribution in [3.63, 3.8) is 0 Å². The standard InChI is InChI=1S/C16H13ClN2O3/c17-11-6-2-1-5-10(11)15(20)18-9-14-16(21)19-12-7-3-4-8-13(12)22-14/h1-8,14H,9H2,(H,18,20)(H,19,21). The molecular formula is C16H13ClN2O3. The van der Waals surface area contributed by atoms with Gasteiger partial charge in [-0.05, 0) is 24.3 Å². The lowest BCUT2D eigenvalue weighted by Gasteiger charge is -2.25. The molecule has 0 aromatic heterocycles. The van der Waals surface area contributed by atoms with Gasteiger partial charge >= 0.3 is 0 Å². The van der Waals surface area contributed by atoms with Crippen LogP contribution in [0.5, 0.6) is 5.75 Å². The molecule has 1 aliphatic rings. The number of anilines is 1. The molecule has 6 heteroatoms. The average molecular weight is 317 g/mol. The van der Waals surface area contributed by atoms with Crippen LogP contribution in [0.15, 0.2) is 48.5 Å². The molecule has 22 heavy (non-hydrogen) atoms.